The van der Waals surface area contributed by atoms with E-state index in [9.17, 15) is 9.59 Å². The molecule has 0 aliphatic heterocycles. The maximum absolute atomic E-state index is 11.9. The van der Waals surface area contributed by atoms with Crippen molar-refractivity contribution >= 4 is 24.0 Å². The highest BCUT2D eigenvalue weighted by Gasteiger charge is 2.09. The van der Waals surface area contributed by atoms with E-state index in [0.717, 1.165) is 16.1 Å². The van der Waals surface area contributed by atoms with Gasteiger partial charge < -0.3 is 4.90 Å². The van der Waals surface area contributed by atoms with Gasteiger partial charge in [-0.2, -0.15) is 0 Å². The average Bonchev–Trinajstić information content (AvgIpc) is 2.47. The molecule has 2 aromatic carbocycles. The van der Waals surface area contributed by atoms with Crippen molar-refractivity contribution < 1.29 is 9.59 Å². The first-order valence-corrected chi connectivity index (χ1v) is 6.97. The van der Waals surface area contributed by atoms with Gasteiger partial charge in [-0.15, -0.1) is 0 Å². The summed E-state index contributed by atoms with van der Waals surface area (Å²) in [5, 5.41) is 0. The summed E-state index contributed by atoms with van der Waals surface area (Å²) in [6, 6.07) is 14.8. The Morgan fingerprint density at radius 3 is 2.55 bits per heavy atom. The summed E-state index contributed by atoms with van der Waals surface area (Å²) in [5.74, 6) is -0.0314. The molecule has 0 fully saturated rings. The summed E-state index contributed by atoms with van der Waals surface area (Å²) >= 11 is 1.48. The average molecular weight is 285 g/mol. The lowest BCUT2D eigenvalue weighted by molar-refractivity contribution is 0.0827. The predicted molar refractivity (Wildman–Crippen MR) is 80.4 cm³/mol. The van der Waals surface area contributed by atoms with Crippen LogP contribution in [0.2, 0.25) is 0 Å². The number of carbonyl (C=O) groups is 2. The van der Waals surface area contributed by atoms with Crippen LogP contribution < -0.4 is 0 Å². The molecule has 4 heteroatoms. The van der Waals surface area contributed by atoms with Gasteiger partial charge in [-0.3, -0.25) is 9.59 Å². The zero-order chi connectivity index (χ0) is 14.5. The first-order valence-electron chi connectivity index (χ1n) is 6.15. The SMILES string of the molecule is CN(C)C(=O)c1cccc(Sc2ccccc2C=O)c1. The lowest BCUT2D eigenvalue weighted by Gasteiger charge is -2.11. The highest BCUT2D eigenvalue weighted by atomic mass is 32.2. The monoisotopic (exact) mass is 285 g/mol. The Hall–Kier alpha value is -2.07. The van der Waals surface area contributed by atoms with E-state index in [1.54, 1.807) is 31.1 Å². The van der Waals surface area contributed by atoms with E-state index in [1.165, 1.54) is 11.8 Å². The number of rotatable bonds is 4. The van der Waals surface area contributed by atoms with Gasteiger partial charge in [0.15, 0.2) is 6.29 Å². The minimum atomic E-state index is -0.0314. The van der Waals surface area contributed by atoms with E-state index < -0.39 is 0 Å². The third-order valence-corrected chi connectivity index (χ3v) is 3.84. The molecule has 0 spiro atoms. The van der Waals surface area contributed by atoms with E-state index >= 15 is 0 Å². The van der Waals surface area contributed by atoms with Crippen LogP contribution in [-0.4, -0.2) is 31.2 Å². The minimum absolute atomic E-state index is 0.0314. The number of amides is 1. The summed E-state index contributed by atoms with van der Waals surface area (Å²) in [6.07, 6.45) is 0.844. The number of carbonyl (C=O) groups excluding carboxylic acids is 2. The fourth-order valence-corrected chi connectivity index (χ4v) is 2.72. The highest BCUT2D eigenvalue weighted by molar-refractivity contribution is 7.99. The molecule has 0 aliphatic rings. The van der Waals surface area contributed by atoms with Crippen LogP contribution in [0.5, 0.6) is 0 Å². The van der Waals surface area contributed by atoms with Crippen LogP contribution in [0.25, 0.3) is 0 Å². The van der Waals surface area contributed by atoms with E-state index in [0.29, 0.717) is 11.1 Å². The van der Waals surface area contributed by atoms with Gasteiger partial charge in [0.25, 0.3) is 5.91 Å². The topological polar surface area (TPSA) is 37.4 Å². The Bertz CT molecular complexity index is 638. The van der Waals surface area contributed by atoms with Crippen molar-refractivity contribution in [2.75, 3.05) is 14.1 Å². The van der Waals surface area contributed by atoms with Crippen molar-refractivity contribution in [3.05, 3.63) is 59.7 Å². The molecule has 0 saturated carbocycles. The maximum Gasteiger partial charge on any atom is 0.253 e. The van der Waals surface area contributed by atoms with Crippen molar-refractivity contribution in [3.63, 3.8) is 0 Å². The summed E-state index contributed by atoms with van der Waals surface area (Å²) in [6.45, 7) is 0. The second kappa shape index (κ2) is 6.39. The lowest BCUT2D eigenvalue weighted by Crippen LogP contribution is -2.21. The molecule has 20 heavy (non-hydrogen) atoms. The van der Waals surface area contributed by atoms with Crippen LogP contribution in [0.4, 0.5) is 0 Å². The normalized spacial score (nSPS) is 10.1. The molecule has 0 unspecified atom stereocenters. The largest absolute Gasteiger partial charge is 0.345 e. The first kappa shape index (κ1) is 14.3. The van der Waals surface area contributed by atoms with Gasteiger partial charge in [-0.25, -0.2) is 0 Å². The molecule has 0 N–H and O–H groups in total. The Labute approximate surface area is 122 Å². The van der Waals surface area contributed by atoms with Gasteiger partial charge >= 0.3 is 0 Å². The molecule has 0 bridgehead atoms. The van der Waals surface area contributed by atoms with Crippen LogP contribution in [0.15, 0.2) is 58.3 Å². The third kappa shape index (κ3) is 3.27. The maximum atomic E-state index is 11.9. The fraction of sp³-hybridized carbons (Fsp3) is 0.125. The third-order valence-electron chi connectivity index (χ3n) is 2.76. The number of nitrogens with zero attached hydrogens (tertiary/aromatic N) is 1. The molecule has 1 amide bonds. The second-order valence-electron chi connectivity index (χ2n) is 4.49. The Kier molecular flexibility index (Phi) is 4.58. The van der Waals surface area contributed by atoms with Gasteiger partial charge in [-0.05, 0) is 24.3 Å². The van der Waals surface area contributed by atoms with Crippen molar-refractivity contribution in [3.8, 4) is 0 Å². The standard InChI is InChI=1S/C16H15NO2S/c1-17(2)16(19)12-7-5-8-14(10-12)20-15-9-4-3-6-13(15)11-18/h3-11H,1-2H3. The van der Waals surface area contributed by atoms with Gasteiger partial charge in [0.2, 0.25) is 0 Å². The number of aldehydes is 1. The van der Waals surface area contributed by atoms with Crippen LogP contribution in [0, 0.1) is 0 Å². The van der Waals surface area contributed by atoms with Gasteiger partial charge in [0.05, 0.1) is 0 Å². The van der Waals surface area contributed by atoms with E-state index in [-0.39, 0.29) is 5.91 Å². The summed E-state index contributed by atoms with van der Waals surface area (Å²) in [7, 11) is 3.45. The van der Waals surface area contributed by atoms with Crippen LogP contribution >= 0.6 is 11.8 Å². The fourth-order valence-electron chi connectivity index (χ4n) is 1.75. The number of benzene rings is 2. The van der Waals surface area contributed by atoms with Crippen LogP contribution in [-0.2, 0) is 0 Å². The predicted octanol–water partition coefficient (Wildman–Crippen LogP) is 3.35. The first-order chi connectivity index (χ1) is 9.61. The van der Waals surface area contributed by atoms with Crippen LogP contribution in [0.3, 0.4) is 0 Å². The molecular weight excluding hydrogens is 270 g/mol. The van der Waals surface area contributed by atoms with E-state index in [1.807, 2.05) is 36.4 Å². The molecule has 2 rings (SSSR count). The zero-order valence-electron chi connectivity index (χ0n) is 11.4. The highest BCUT2D eigenvalue weighted by Crippen LogP contribution is 2.30. The van der Waals surface area contributed by atoms with Crippen molar-refractivity contribution in [1.82, 2.24) is 4.90 Å². The summed E-state index contributed by atoms with van der Waals surface area (Å²) < 4.78 is 0. The zero-order valence-corrected chi connectivity index (χ0v) is 12.2. The minimum Gasteiger partial charge on any atom is -0.345 e. The second-order valence-corrected chi connectivity index (χ2v) is 5.60. The van der Waals surface area contributed by atoms with Crippen molar-refractivity contribution in [1.29, 1.82) is 0 Å². The van der Waals surface area contributed by atoms with Crippen molar-refractivity contribution in [2.24, 2.45) is 0 Å². The Balaban J connectivity index is 2.28. The molecule has 0 saturated heterocycles. The summed E-state index contributed by atoms with van der Waals surface area (Å²) in [4.78, 5) is 26.3. The van der Waals surface area contributed by atoms with Gasteiger partial charge in [-0.1, -0.05) is 36.0 Å². The van der Waals surface area contributed by atoms with Crippen LogP contribution in [0.1, 0.15) is 20.7 Å². The molecule has 0 aromatic heterocycles. The van der Waals surface area contributed by atoms with E-state index in [4.69, 9.17) is 0 Å². The lowest BCUT2D eigenvalue weighted by atomic mass is 10.2. The molecule has 0 heterocycles. The number of hydrogen-bond donors (Lipinski definition) is 0. The molecule has 0 radical (unpaired) electrons. The molecule has 102 valence electrons. The Morgan fingerprint density at radius 1 is 1.10 bits per heavy atom. The number of hydrogen-bond acceptors (Lipinski definition) is 3. The molecule has 0 aliphatic carbocycles. The van der Waals surface area contributed by atoms with E-state index in [2.05, 4.69) is 0 Å². The van der Waals surface area contributed by atoms with Gasteiger partial charge in [0, 0.05) is 35.0 Å². The smallest absolute Gasteiger partial charge is 0.253 e. The summed E-state index contributed by atoms with van der Waals surface area (Å²) in [5.41, 5.74) is 1.30. The molecule has 0 atom stereocenters. The molecule has 3 nitrogen and oxygen atoms in total. The molecule has 2 aromatic rings. The van der Waals surface area contributed by atoms with Gasteiger partial charge in [0.1, 0.15) is 0 Å². The van der Waals surface area contributed by atoms with Crippen molar-refractivity contribution in [2.45, 2.75) is 9.79 Å². The quantitative estimate of drug-likeness (QED) is 0.808. The Morgan fingerprint density at radius 2 is 1.85 bits per heavy atom. The molecular formula is C16H15NO2S.